The average molecular weight is 520 g/mol. The molecule has 0 saturated heterocycles. The molecule has 3 nitrogen and oxygen atoms in total. The van der Waals surface area contributed by atoms with Gasteiger partial charge in [0.1, 0.15) is 0 Å². The number of nitrogens with zero attached hydrogens (tertiary/aromatic N) is 1. The molecular formula is C23H17ClF6NO2P. The Hall–Kier alpha value is -2.61. The van der Waals surface area contributed by atoms with Crippen LogP contribution in [0.15, 0.2) is 89.9 Å². The molecule has 3 aromatic carbocycles. The molecule has 180 valence electrons. The number of hydrogen-bond donors (Lipinski definition) is 0. The van der Waals surface area contributed by atoms with Crippen molar-refractivity contribution < 1.29 is 35.4 Å². The maximum atomic E-state index is 15.0. The molecule has 0 aromatic heterocycles. The van der Waals surface area contributed by atoms with Gasteiger partial charge in [-0.1, -0.05) is 0 Å². The maximum absolute atomic E-state index is 15.0. The van der Waals surface area contributed by atoms with E-state index in [1.54, 1.807) is 0 Å². The van der Waals surface area contributed by atoms with E-state index < -0.39 is 41.2 Å². The molecule has 0 unspecified atom stereocenters. The van der Waals surface area contributed by atoms with Crippen LogP contribution in [0.2, 0.25) is 5.02 Å². The molecule has 0 spiro atoms. The van der Waals surface area contributed by atoms with E-state index in [1.807, 2.05) is 0 Å². The predicted molar refractivity (Wildman–Crippen MR) is 120 cm³/mol. The molecular weight excluding hydrogens is 503 g/mol. The summed E-state index contributed by atoms with van der Waals surface area (Å²) in [4.78, 5) is 3.35. The summed E-state index contributed by atoms with van der Waals surface area (Å²) in [6.07, 6.45) is -11.9. The van der Waals surface area contributed by atoms with Crippen LogP contribution in [0.3, 0.4) is 0 Å². The minimum absolute atomic E-state index is 0.113. The summed E-state index contributed by atoms with van der Waals surface area (Å²) in [5, 5.41) is -5.34. The third kappa shape index (κ3) is 3.03. The first-order chi connectivity index (χ1) is 15.9. The van der Waals surface area contributed by atoms with Gasteiger partial charge < -0.3 is 0 Å². The molecule has 0 fully saturated rings. The van der Waals surface area contributed by atoms with Crippen molar-refractivity contribution in [1.29, 1.82) is 0 Å². The van der Waals surface area contributed by atoms with Gasteiger partial charge in [-0.3, -0.25) is 0 Å². The van der Waals surface area contributed by atoms with Crippen molar-refractivity contribution in [2.45, 2.75) is 17.6 Å². The average Bonchev–Trinajstić information content (AvgIpc) is 3.16. The quantitative estimate of drug-likeness (QED) is 0.287. The molecule has 1 heterocycles. The second kappa shape index (κ2) is 7.97. The van der Waals surface area contributed by atoms with Gasteiger partial charge in [0.2, 0.25) is 0 Å². The third-order valence-electron chi connectivity index (χ3n) is 5.79. The van der Waals surface area contributed by atoms with Gasteiger partial charge in [-0.25, -0.2) is 0 Å². The molecule has 4 rings (SSSR count). The zero-order valence-corrected chi connectivity index (χ0v) is 19.1. The van der Waals surface area contributed by atoms with Gasteiger partial charge in [-0.2, -0.15) is 0 Å². The van der Waals surface area contributed by atoms with E-state index in [0.717, 1.165) is 31.4 Å². The van der Waals surface area contributed by atoms with Crippen LogP contribution in [-0.2, 0) is 9.05 Å². The van der Waals surface area contributed by atoms with Crippen LogP contribution in [-0.4, -0.2) is 30.6 Å². The molecule has 0 atom stereocenters. The van der Waals surface area contributed by atoms with E-state index in [4.69, 9.17) is 20.6 Å². The summed E-state index contributed by atoms with van der Waals surface area (Å²) in [6.45, 7) is 0. The molecule has 0 saturated carbocycles. The molecule has 0 aliphatic carbocycles. The molecule has 1 aliphatic rings. The van der Waals surface area contributed by atoms with E-state index in [1.165, 1.54) is 60.7 Å². The monoisotopic (exact) mass is 519 g/mol. The summed E-state index contributed by atoms with van der Waals surface area (Å²) in [5.74, 6) is -0.849. The van der Waals surface area contributed by atoms with E-state index >= 15 is 0 Å². The van der Waals surface area contributed by atoms with Crippen molar-refractivity contribution in [3.63, 3.8) is 0 Å². The number of halogens is 7. The van der Waals surface area contributed by atoms with Crippen molar-refractivity contribution in [1.82, 2.24) is 0 Å². The molecule has 0 amide bonds. The van der Waals surface area contributed by atoms with Crippen LogP contribution in [0, 0.1) is 0 Å². The predicted octanol–water partition coefficient (Wildman–Crippen LogP) is 6.62. The Morgan fingerprint density at radius 1 is 0.765 bits per heavy atom. The Bertz CT molecular complexity index is 1160. The van der Waals surface area contributed by atoms with Crippen LogP contribution >= 0.6 is 18.7 Å². The molecule has 0 N–H and O–H groups in total. The molecule has 11 heteroatoms. The zero-order valence-electron chi connectivity index (χ0n) is 17.4. The third-order valence-corrected chi connectivity index (χ3v) is 11.5. The van der Waals surface area contributed by atoms with E-state index in [0.29, 0.717) is 0 Å². The molecule has 1 aliphatic heterocycles. The van der Waals surface area contributed by atoms with Crippen LogP contribution in [0.5, 0.6) is 0 Å². The Kier molecular flexibility index (Phi) is 5.75. The Balaban J connectivity index is 2.25. The van der Waals surface area contributed by atoms with Gasteiger partial charge in [0.15, 0.2) is 0 Å². The summed E-state index contributed by atoms with van der Waals surface area (Å²) in [5.41, 5.74) is -0.113. The first-order valence-corrected chi connectivity index (χ1v) is 12.3. The number of hydrogen-bond acceptors (Lipinski definition) is 3. The van der Waals surface area contributed by atoms with Gasteiger partial charge >= 0.3 is 196 Å². The van der Waals surface area contributed by atoms with Gasteiger partial charge in [-0.05, 0) is 0 Å². The van der Waals surface area contributed by atoms with Crippen molar-refractivity contribution in [3.05, 3.63) is 95.5 Å². The van der Waals surface area contributed by atoms with E-state index in [2.05, 4.69) is 4.99 Å². The van der Waals surface area contributed by atoms with Gasteiger partial charge in [0.25, 0.3) is 0 Å². The van der Waals surface area contributed by atoms with Crippen molar-refractivity contribution in [2.75, 3.05) is 7.11 Å². The SMILES string of the molecule is COP1(c2ccccc2)(c2ccccc2)OC(c2ccc(Cl)cc2)=NC1(C(F)(F)F)C(F)(F)F. The van der Waals surface area contributed by atoms with Crippen molar-refractivity contribution >= 4 is 35.2 Å². The summed E-state index contributed by atoms with van der Waals surface area (Å²) in [7, 11) is -5.44. The van der Waals surface area contributed by atoms with Crippen LogP contribution in [0.4, 0.5) is 26.3 Å². The first kappa shape index (κ1) is 24.5. The fourth-order valence-electron chi connectivity index (χ4n) is 4.35. The number of rotatable bonds is 4. The second-order valence-electron chi connectivity index (χ2n) is 7.49. The van der Waals surface area contributed by atoms with E-state index in [9.17, 15) is 26.3 Å². The first-order valence-electron chi connectivity index (χ1n) is 9.81. The number of alkyl halides is 6. The molecule has 0 radical (unpaired) electrons. The zero-order chi connectivity index (χ0) is 24.9. The number of aliphatic imine (C=N–C) groups is 1. The van der Waals surface area contributed by atoms with E-state index in [-0.39, 0.29) is 10.6 Å². The minimum atomic E-state index is -6.24. The molecule has 0 bridgehead atoms. The van der Waals surface area contributed by atoms with Crippen LogP contribution < -0.4 is 10.6 Å². The fraction of sp³-hybridized carbons (Fsp3) is 0.174. The van der Waals surface area contributed by atoms with Crippen molar-refractivity contribution in [2.24, 2.45) is 4.99 Å². The fourth-order valence-corrected chi connectivity index (χ4v) is 9.72. The Morgan fingerprint density at radius 2 is 1.21 bits per heavy atom. The van der Waals surface area contributed by atoms with Gasteiger partial charge in [0, 0.05) is 0 Å². The normalized spacial score (nSPS) is 20.0. The Labute approximate surface area is 196 Å². The standard InChI is InChI=1S/C23H17ClF6NO2P/c1-32-34(18-8-4-2-5-9-18,19-10-6-3-7-11-19)21(22(25,26)27,23(28,29)30)31-20(33-34)16-12-14-17(24)15-13-16/h2-15H,1H3. The van der Waals surface area contributed by atoms with Gasteiger partial charge in [0.05, 0.1) is 0 Å². The van der Waals surface area contributed by atoms with Crippen LogP contribution in [0.25, 0.3) is 0 Å². The summed E-state index contributed by atoms with van der Waals surface area (Å²) >= 11 is 5.86. The summed E-state index contributed by atoms with van der Waals surface area (Å²) < 4.78 is 101. The molecule has 34 heavy (non-hydrogen) atoms. The number of benzene rings is 3. The van der Waals surface area contributed by atoms with Crippen molar-refractivity contribution in [3.8, 4) is 0 Å². The topological polar surface area (TPSA) is 30.8 Å². The van der Waals surface area contributed by atoms with Gasteiger partial charge in [-0.15, -0.1) is 0 Å². The summed E-state index contributed by atoms with van der Waals surface area (Å²) in [6, 6.07) is 17.9. The Morgan fingerprint density at radius 3 is 1.59 bits per heavy atom. The second-order valence-corrected chi connectivity index (χ2v) is 12.1. The van der Waals surface area contributed by atoms with Crippen LogP contribution in [0.1, 0.15) is 5.56 Å². The molecule has 3 aromatic rings.